The maximum absolute atomic E-state index is 12.1. The molecular weight excluding hydrogens is 360 g/mol. The lowest BCUT2D eigenvalue weighted by molar-refractivity contribution is -0.148. The lowest BCUT2D eigenvalue weighted by atomic mass is 9.49. The topological polar surface area (TPSA) is 97.6 Å². The summed E-state index contributed by atoms with van der Waals surface area (Å²) in [5.41, 5.74) is 0.268. The number of furan rings is 1. The van der Waals surface area contributed by atoms with E-state index in [4.69, 9.17) is 9.15 Å². The molecule has 7 nitrogen and oxygen atoms in total. The van der Waals surface area contributed by atoms with Gasteiger partial charge in [-0.25, -0.2) is 0 Å². The van der Waals surface area contributed by atoms with Crippen molar-refractivity contribution in [3.63, 3.8) is 0 Å². The zero-order chi connectivity index (χ0) is 19.6. The molecule has 0 aliphatic heterocycles. The Morgan fingerprint density at radius 1 is 1.07 bits per heavy atom. The van der Waals surface area contributed by atoms with Gasteiger partial charge in [0.2, 0.25) is 0 Å². The number of esters is 1. The van der Waals surface area contributed by atoms with Gasteiger partial charge >= 0.3 is 5.97 Å². The Labute approximate surface area is 164 Å². The number of hydrogen-bond acceptors (Lipinski definition) is 5. The van der Waals surface area contributed by atoms with Gasteiger partial charge in [0.25, 0.3) is 11.8 Å². The van der Waals surface area contributed by atoms with Crippen molar-refractivity contribution in [1.82, 2.24) is 10.6 Å². The molecule has 0 spiro atoms. The van der Waals surface area contributed by atoms with Crippen molar-refractivity contribution < 1.29 is 23.5 Å². The first-order valence-corrected chi connectivity index (χ1v) is 10.3. The average molecular weight is 388 g/mol. The Morgan fingerprint density at radius 3 is 2.36 bits per heavy atom. The van der Waals surface area contributed by atoms with Crippen molar-refractivity contribution in [3.8, 4) is 0 Å². The molecule has 5 rings (SSSR count). The number of ether oxygens (including phenoxy) is 1. The highest BCUT2D eigenvalue weighted by atomic mass is 16.5. The molecule has 1 aromatic heterocycles. The van der Waals surface area contributed by atoms with Gasteiger partial charge in [-0.1, -0.05) is 0 Å². The fourth-order valence-electron chi connectivity index (χ4n) is 5.83. The molecule has 2 amide bonds. The number of carbonyl (C=O) groups excluding carboxylic acids is 3. The molecule has 0 saturated heterocycles. The van der Waals surface area contributed by atoms with Crippen molar-refractivity contribution in [2.24, 2.45) is 23.2 Å². The zero-order valence-electron chi connectivity index (χ0n) is 16.1. The first-order valence-electron chi connectivity index (χ1n) is 10.3. The van der Waals surface area contributed by atoms with E-state index in [1.807, 2.05) is 0 Å². The molecule has 0 atom stereocenters. The molecule has 0 radical (unpaired) electrons. The standard InChI is InChI=1S/C21H28N2O5/c24-18(12-28-19(25)3-4-22-20(26)17-2-1-5-27-17)23-13-21-9-14-6-15(10-21)8-16(7-14)11-21/h1-2,5,14-16H,3-4,6-13H2,(H,22,26)(H,23,24). The molecule has 28 heavy (non-hydrogen) atoms. The van der Waals surface area contributed by atoms with Gasteiger partial charge in [-0.15, -0.1) is 0 Å². The highest BCUT2D eigenvalue weighted by molar-refractivity contribution is 5.91. The summed E-state index contributed by atoms with van der Waals surface area (Å²) in [6.45, 7) is 0.566. The predicted molar refractivity (Wildman–Crippen MR) is 100 cm³/mol. The minimum Gasteiger partial charge on any atom is -0.459 e. The molecule has 4 fully saturated rings. The van der Waals surface area contributed by atoms with Crippen LogP contribution in [0.1, 0.15) is 55.5 Å². The Morgan fingerprint density at radius 2 is 1.75 bits per heavy atom. The Kier molecular flexibility index (Phi) is 5.42. The molecule has 152 valence electrons. The summed E-state index contributed by atoms with van der Waals surface area (Å²) in [7, 11) is 0. The largest absolute Gasteiger partial charge is 0.459 e. The molecule has 1 heterocycles. The van der Waals surface area contributed by atoms with Crippen molar-refractivity contribution in [3.05, 3.63) is 24.2 Å². The molecule has 0 unspecified atom stereocenters. The maximum atomic E-state index is 12.1. The Balaban J connectivity index is 1.12. The average Bonchev–Trinajstić information content (AvgIpc) is 3.18. The second-order valence-electron chi connectivity index (χ2n) is 8.84. The number of rotatable bonds is 8. The third-order valence-electron chi connectivity index (χ3n) is 6.55. The van der Waals surface area contributed by atoms with Gasteiger partial charge in [-0.3, -0.25) is 14.4 Å². The fourth-order valence-corrected chi connectivity index (χ4v) is 5.83. The molecule has 4 saturated carbocycles. The smallest absolute Gasteiger partial charge is 0.308 e. The van der Waals surface area contributed by atoms with Crippen LogP contribution in [-0.2, 0) is 14.3 Å². The van der Waals surface area contributed by atoms with Crippen molar-refractivity contribution in [1.29, 1.82) is 0 Å². The van der Waals surface area contributed by atoms with E-state index in [1.54, 1.807) is 12.1 Å². The van der Waals surface area contributed by atoms with Crippen LogP contribution >= 0.6 is 0 Å². The Bertz CT molecular complexity index is 692. The number of carbonyl (C=O) groups is 3. The van der Waals surface area contributed by atoms with Crippen LogP contribution in [0, 0.1) is 23.2 Å². The van der Waals surface area contributed by atoms with Gasteiger partial charge < -0.3 is 19.8 Å². The third kappa shape index (κ3) is 4.39. The van der Waals surface area contributed by atoms with Crippen LogP contribution in [0.3, 0.4) is 0 Å². The van der Waals surface area contributed by atoms with Gasteiger partial charge in [0.15, 0.2) is 12.4 Å². The van der Waals surface area contributed by atoms with Crippen LogP contribution in [0.15, 0.2) is 22.8 Å². The first-order chi connectivity index (χ1) is 13.5. The van der Waals surface area contributed by atoms with E-state index in [1.165, 1.54) is 44.8 Å². The summed E-state index contributed by atoms with van der Waals surface area (Å²) in [6.07, 6.45) is 9.24. The SMILES string of the molecule is O=C(COC(=O)CCNC(=O)c1ccco1)NCC12CC3CC(CC(C3)C1)C2. The lowest BCUT2D eigenvalue weighted by Gasteiger charge is -2.56. The van der Waals surface area contributed by atoms with Gasteiger partial charge in [0, 0.05) is 13.1 Å². The quantitative estimate of drug-likeness (QED) is 0.666. The molecule has 1 aromatic rings. The van der Waals surface area contributed by atoms with E-state index in [0.717, 1.165) is 17.8 Å². The van der Waals surface area contributed by atoms with Gasteiger partial charge in [-0.2, -0.15) is 0 Å². The molecule has 0 aromatic carbocycles. The predicted octanol–water partition coefficient (Wildman–Crippen LogP) is 2.28. The summed E-state index contributed by atoms with van der Waals surface area (Å²) in [5.74, 6) is 1.59. The van der Waals surface area contributed by atoms with Crippen LogP contribution in [0.5, 0.6) is 0 Å². The summed E-state index contributed by atoms with van der Waals surface area (Å²) in [6, 6.07) is 3.16. The van der Waals surface area contributed by atoms with Crippen molar-refractivity contribution in [2.45, 2.75) is 44.9 Å². The molecule has 4 aliphatic rings. The van der Waals surface area contributed by atoms with Crippen molar-refractivity contribution >= 4 is 17.8 Å². The van der Waals surface area contributed by atoms with E-state index in [2.05, 4.69) is 10.6 Å². The third-order valence-corrected chi connectivity index (χ3v) is 6.55. The van der Waals surface area contributed by atoms with Gasteiger partial charge in [-0.05, 0) is 73.8 Å². The summed E-state index contributed by atoms with van der Waals surface area (Å²) in [4.78, 5) is 35.6. The van der Waals surface area contributed by atoms with Crippen LogP contribution in [-0.4, -0.2) is 37.5 Å². The van der Waals surface area contributed by atoms with Gasteiger partial charge in [0.05, 0.1) is 12.7 Å². The maximum Gasteiger partial charge on any atom is 0.308 e. The van der Waals surface area contributed by atoms with E-state index in [-0.39, 0.29) is 42.6 Å². The fraction of sp³-hybridized carbons (Fsp3) is 0.667. The summed E-state index contributed by atoms with van der Waals surface area (Å²) >= 11 is 0. The molecule has 7 heteroatoms. The van der Waals surface area contributed by atoms with Crippen LogP contribution in [0.4, 0.5) is 0 Å². The van der Waals surface area contributed by atoms with Crippen LogP contribution < -0.4 is 10.6 Å². The monoisotopic (exact) mass is 388 g/mol. The molecule has 4 aliphatic carbocycles. The second-order valence-corrected chi connectivity index (χ2v) is 8.84. The Hall–Kier alpha value is -2.31. The van der Waals surface area contributed by atoms with Crippen molar-refractivity contribution in [2.75, 3.05) is 19.7 Å². The first kappa shape index (κ1) is 19.0. The summed E-state index contributed by atoms with van der Waals surface area (Å²) in [5, 5.41) is 5.56. The molecular formula is C21H28N2O5. The molecule has 2 N–H and O–H groups in total. The van der Waals surface area contributed by atoms with E-state index >= 15 is 0 Å². The van der Waals surface area contributed by atoms with E-state index in [0.29, 0.717) is 6.54 Å². The minimum absolute atomic E-state index is 0.00864. The number of nitrogens with one attached hydrogen (secondary N) is 2. The molecule has 4 bridgehead atoms. The van der Waals surface area contributed by atoms with Crippen LogP contribution in [0.25, 0.3) is 0 Å². The van der Waals surface area contributed by atoms with Crippen LogP contribution in [0.2, 0.25) is 0 Å². The highest BCUT2D eigenvalue weighted by Gasteiger charge is 2.50. The number of amides is 2. The normalized spacial score (nSPS) is 30.1. The lowest BCUT2D eigenvalue weighted by Crippen LogP contribution is -2.51. The summed E-state index contributed by atoms with van der Waals surface area (Å²) < 4.78 is 9.99. The zero-order valence-corrected chi connectivity index (χ0v) is 16.1. The van der Waals surface area contributed by atoms with Gasteiger partial charge in [0.1, 0.15) is 0 Å². The van der Waals surface area contributed by atoms with E-state index in [9.17, 15) is 14.4 Å². The van der Waals surface area contributed by atoms with E-state index < -0.39 is 5.97 Å². The second kappa shape index (κ2) is 7.97. The highest BCUT2D eigenvalue weighted by Crippen LogP contribution is 2.59. The minimum atomic E-state index is -0.510. The number of hydrogen-bond donors (Lipinski definition) is 2.